The fraction of sp³-hybridized carbons (Fsp3) is 0.703. The average Bonchev–Trinajstić information content (AvgIpc) is 3.10. The van der Waals surface area contributed by atoms with E-state index in [1.165, 1.54) is 0 Å². The molecule has 24 heteroatoms. The minimum atomic E-state index is -3.67. The lowest BCUT2D eigenvalue weighted by Gasteiger charge is -2.54. The van der Waals surface area contributed by atoms with Crippen LogP contribution in [0.5, 0.6) is 0 Å². The SMILES string of the molecule is CC(=O)OC[C@H]1O[C@@H](O[C@H]2[C@H]3OO[Si](C(C)(C)C)(C(C)(C)C)OOC[C@H]3O[C@@](O)(Sc3ccccc3)[C@@H]2NC(=O)OCC(Cl)(Cl)Cl)[C@H](OC(C)=O)[C@@H](OC(C)=O)[C@H]1OC(C)=O. The van der Waals surface area contributed by atoms with E-state index in [0.29, 0.717) is 4.90 Å². The zero-order valence-electron chi connectivity index (χ0n) is 35.1. The Kier molecular flexibility index (Phi) is 17.2. The maximum absolute atomic E-state index is 13.6. The van der Waals surface area contributed by atoms with Crippen molar-refractivity contribution < 1.29 is 85.9 Å². The van der Waals surface area contributed by atoms with Crippen LogP contribution in [0.1, 0.15) is 69.2 Å². The third-order valence-corrected chi connectivity index (χ3v) is 15.4. The van der Waals surface area contributed by atoms with Gasteiger partial charge in [-0.3, -0.25) is 19.2 Å². The summed E-state index contributed by atoms with van der Waals surface area (Å²) in [5.74, 6) is -3.44. The lowest BCUT2D eigenvalue weighted by Crippen LogP contribution is -2.73. The van der Waals surface area contributed by atoms with E-state index >= 15 is 0 Å². The molecule has 2 N–H and O–H groups in total. The van der Waals surface area contributed by atoms with Gasteiger partial charge in [0.25, 0.3) is 0 Å². The normalized spacial score (nSPS) is 30.6. The first-order chi connectivity index (χ1) is 28.2. The number of halogens is 3. The van der Waals surface area contributed by atoms with Crippen LogP contribution in [0.25, 0.3) is 0 Å². The number of hydrogen-bond donors (Lipinski definition) is 2. The third-order valence-electron chi connectivity index (χ3n) is 9.28. The standard InChI is InChI=1S/C37H52Cl3NO18SSi/c1-19(42)48-16-24-26(51-20(2)43)28(52-21(3)44)30(53-22(4)45)32(54-24)55-29-27-25(17-50-58-61(59-57-27,34(5,6)7)35(8,9)10)56-37(47,60-23-14-12-11-13-15-23)31(29)41-33(46)49-18-36(38,39)40/h11-15,24-32,47H,16-18H2,1-10H3,(H,41,46)/t24-,25-,26+,27+,28+,29+,30-,31-,32+,37-/m1/s1. The van der Waals surface area contributed by atoms with Gasteiger partial charge in [0, 0.05) is 42.7 Å². The molecule has 1 aromatic carbocycles. The Balaban J connectivity index is 1.95. The summed E-state index contributed by atoms with van der Waals surface area (Å²) in [6, 6.07) is 6.63. The van der Waals surface area contributed by atoms with Crippen molar-refractivity contribution in [3.05, 3.63) is 30.3 Å². The lowest BCUT2D eigenvalue weighted by atomic mass is 9.95. The van der Waals surface area contributed by atoms with Gasteiger partial charge in [0.05, 0.1) is 0 Å². The number of rotatable bonds is 11. The number of amides is 1. The molecule has 0 bridgehead atoms. The van der Waals surface area contributed by atoms with Crippen LogP contribution >= 0.6 is 46.6 Å². The predicted octanol–water partition coefficient (Wildman–Crippen LogP) is 5.08. The van der Waals surface area contributed by atoms with Crippen LogP contribution in [0.3, 0.4) is 0 Å². The molecule has 0 spiro atoms. The van der Waals surface area contributed by atoms with E-state index in [2.05, 4.69) is 5.32 Å². The van der Waals surface area contributed by atoms with Gasteiger partial charge < -0.3 is 48.3 Å². The Bertz CT molecular complexity index is 1700. The number of fused-ring (bicyclic) bond motifs is 1. The van der Waals surface area contributed by atoms with Gasteiger partial charge in [0.15, 0.2) is 24.6 Å². The Morgan fingerprint density at radius 3 is 1.93 bits per heavy atom. The molecular weight excluding hydrogens is 913 g/mol. The third kappa shape index (κ3) is 13.3. The molecule has 0 saturated carbocycles. The molecule has 1 aromatic rings. The summed E-state index contributed by atoms with van der Waals surface area (Å²) >= 11 is 18.4. The van der Waals surface area contributed by atoms with E-state index in [4.69, 9.17) is 91.6 Å². The Morgan fingerprint density at radius 1 is 0.820 bits per heavy atom. The summed E-state index contributed by atoms with van der Waals surface area (Å²) in [4.78, 5) is 76.1. The monoisotopic (exact) mass is 963 g/mol. The number of carbonyl (C=O) groups excluding carboxylic acids is 5. The second-order valence-corrected chi connectivity index (χ2v) is 24.7. The van der Waals surface area contributed by atoms with Gasteiger partial charge in [0.2, 0.25) is 8.91 Å². The minimum absolute atomic E-state index is 0.421. The predicted molar refractivity (Wildman–Crippen MR) is 216 cm³/mol. The van der Waals surface area contributed by atoms with Gasteiger partial charge in [0.1, 0.15) is 50.3 Å². The molecule has 0 aromatic heterocycles. The van der Waals surface area contributed by atoms with Crippen LogP contribution < -0.4 is 5.32 Å². The van der Waals surface area contributed by atoms with Crippen molar-refractivity contribution in [1.29, 1.82) is 0 Å². The zero-order valence-corrected chi connectivity index (χ0v) is 39.2. The van der Waals surface area contributed by atoms with Crippen molar-refractivity contribution in [2.75, 3.05) is 19.8 Å². The molecule has 1 amide bonds. The van der Waals surface area contributed by atoms with Crippen LogP contribution in [-0.2, 0) is 76.0 Å². The molecule has 344 valence electrons. The number of aliphatic hydroxyl groups is 1. The highest BCUT2D eigenvalue weighted by atomic mass is 35.6. The zero-order chi connectivity index (χ0) is 45.7. The van der Waals surface area contributed by atoms with Gasteiger partial charge in [-0.2, -0.15) is 0 Å². The first-order valence-electron chi connectivity index (χ1n) is 18.9. The van der Waals surface area contributed by atoms with Crippen molar-refractivity contribution in [2.45, 2.75) is 148 Å². The number of hydrogen-bond acceptors (Lipinski definition) is 19. The Hall–Kier alpha value is -2.51. The van der Waals surface area contributed by atoms with Crippen molar-refractivity contribution in [3.63, 3.8) is 0 Å². The van der Waals surface area contributed by atoms with E-state index in [-0.39, 0.29) is 0 Å². The molecule has 0 unspecified atom stereocenters. The summed E-state index contributed by atoms with van der Waals surface area (Å²) in [5, 5.41) is 11.2. The molecule has 4 rings (SSSR count). The van der Waals surface area contributed by atoms with Gasteiger partial charge >= 0.3 is 38.5 Å². The molecular formula is C37H52Cl3NO18SSi. The number of nitrogens with one attached hydrogen (secondary N) is 1. The van der Waals surface area contributed by atoms with E-state index < -0.39 is 132 Å². The minimum Gasteiger partial charge on any atom is -0.463 e. The maximum atomic E-state index is 13.6. The van der Waals surface area contributed by atoms with Gasteiger partial charge in [-0.25, -0.2) is 23.7 Å². The van der Waals surface area contributed by atoms with Crippen molar-refractivity contribution >= 4 is 85.1 Å². The van der Waals surface area contributed by atoms with Crippen molar-refractivity contribution in [3.8, 4) is 0 Å². The van der Waals surface area contributed by atoms with E-state index in [1.54, 1.807) is 30.3 Å². The molecule has 3 aliphatic heterocycles. The summed E-state index contributed by atoms with van der Waals surface area (Å²) in [7, 11) is -3.67. The highest BCUT2D eigenvalue weighted by Gasteiger charge is 2.66. The van der Waals surface area contributed by atoms with Gasteiger partial charge in [-0.1, -0.05) is 106 Å². The van der Waals surface area contributed by atoms with E-state index in [9.17, 15) is 29.1 Å². The van der Waals surface area contributed by atoms with Crippen LogP contribution in [-0.4, -0.2) is 127 Å². The number of benzene rings is 1. The van der Waals surface area contributed by atoms with Crippen molar-refractivity contribution in [2.24, 2.45) is 0 Å². The fourth-order valence-corrected chi connectivity index (χ4v) is 12.0. The average molecular weight is 965 g/mol. The first-order valence-corrected chi connectivity index (χ1v) is 22.7. The maximum Gasteiger partial charge on any atom is 0.419 e. The summed E-state index contributed by atoms with van der Waals surface area (Å²) < 4.78 is 57.0. The molecule has 61 heavy (non-hydrogen) atoms. The Morgan fingerprint density at radius 2 is 1.39 bits per heavy atom. The molecule has 0 radical (unpaired) electrons. The number of carbonyl (C=O) groups is 5. The van der Waals surface area contributed by atoms with Crippen LogP contribution in [0.4, 0.5) is 4.79 Å². The smallest absolute Gasteiger partial charge is 0.419 e. The highest BCUT2D eigenvalue weighted by molar-refractivity contribution is 8.00. The summed E-state index contributed by atoms with van der Waals surface area (Å²) in [5.41, 5.74) is 0. The van der Waals surface area contributed by atoms with Crippen LogP contribution in [0, 0.1) is 0 Å². The lowest BCUT2D eigenvalue weighted by molar-refractivity contribution is -0.419. The highest BCUT2D eigenvalue weighted by Crippen LogP contribution is 2.54. The molecule has 3 heterocycles. The topological polar surface area (TPSA) is 228 Å². The van der Waals surface area contributed by atoms with E-state index in [1.807, 2.05) is 41.5 Å². The van der Waals surface area contributed by atoms with Crippen molar-refractivity contribution in [1.82, 2.24) is 5.32 Å². The number of alkyl halides is 3. The number of esters is 4. The number of alkyl carbamates (subject to hydrolysis) is 1. The second kappa shape index (κ2) is 20.5. The van der Waals surface area contributed by atoms with Gasteiger partial charge in [-0.15, -0.1) is 0 Å². The molecule has 3 saturated heterocycles. The van der Waals surface area contributed by atoms with Crippen LogP contribution in [0.15, 0.2) is 35.2 Å². The summed E-state index contributed by atoms with van der Waals surface area (Å²) in [6.07, 6.45) is -14.1. The molecule has 19 nitrogen and oxygen atoms in total. The molecule has 3 aliphatic rings. The fourth-order valence-electron chi connectivity index (χ4n) is 7.00. The number of thioether (sulfide) groups is 1. The molecule has 0 aliphatic carbocycles. The van der Waals surface area contributed by atoms with Crippen LogP contribution in [0.2, 0.25) is 10.1 Å². The second-order valence-electron chi connectivity index (χ2n) is 16.3. The summed E-state index contributed by atoms with van der Waals surface area (Å²) in [6.45, 7) is 13.8. The molecule has 3 fully saturated rings. The largest absolute Gasteiger partial charge is 0.463 e. The number of ether oxygens (including phenoxy) is 8. The first kappa shape index (κ1) is 51.1. The van der Waals surface area contributed by atoms with E-state index in [0.717, 1.165) is 39.5 Å². The Labute approximate surface area is 373 Å². The van der Waals surface area contributed by atoms with Gasteiger partial charge in [-0.05, 0) is 12.1 Å². The molecule has 10 atom stereocenters. The quantitative estimate of drug-likeness (QED) is 0.0736.